The number of rotatable bonds is 6. The number of H-pyrrole nitrogens is 1. The molecule has 28 heavy (non-hydrogen) atoms. The molecule has 3 rings (SSSR count). The summed E-state index contributed by atoms with van der Waals surface area (Å²) in [6, 6.07) is 9.36. The lowest BCUT2D eigenvalue weighted by Crippen LogP contribution is -2.00. The van der Waals surface area contributed by atoms with Gasteiger partial charge in [0.1, 0.15) is 0 Å². The first-order chi connectivity index (χ1) is 13.4. The summed E-state index contributed by atoms with van der Waals surface area (Å²) in [6.45, 7) is 1.92. The number of aryl methyl sites for hydroxylation is 1. The van der Waals surface area contributed by atoms with Gasteiger partial charge < -0.3 is 15.2 Å². The lowest BCUT2D eigenvalue weighted by Gasteiger charge is -2.01. The van der Waals surface area contributed by atoms with Crippen LogP contribution in [0.15, 0.2) is 48.9 Å². The Hall–Kier alpha value is -3.81. The van der Waals surface area contributed by atoms with Crippen LogP contribution in [-0.4, -0.2) is 42.9 Å². The molecule has 0 saturated carbocycles. The van der Waals surface area contributed by atoms with Gasteiger partial charge in [0.05, 0.1) is 30.4 Å². The Morgan fingerprint density at radius 2 is 1.71 bits per heavy atom. The fourth-order valence-electron chi connectivity index (χ4n) is 2.31. The molecule has 1 aromatic carbocycles. The van der Waals surface area contributed by atoms with Gasteiger partial charge in [0, 0.05) is 22.8 Å². The van der Waals surface area contributed by atoms with Gasteiger partial charge in [0.2, 0.25) is 0 Å². The first-order valence-electron chi connectivity index (χ1n) is 8.38. The number of allylic oxidation sites excluding steroid dienone is 1. The number of hydrogen-bond donors (Lipinski definition) is 3. The third-order valence-electron chi connectivity index (χ3n) is 3.73. The number of carboxylic acid groups (broad SMARTS) is 2. The first kappa shape index (κ1) is 20.5. The van der Waals surface area contributed by atoms with Gasteiger partial charge in [-0.25, -0.2) is 4.98 Å². The molecule has 8 nitrogen and oxygen atoms in total. The van der Waals surface area contributed by atoms with Gasteiger partial charge in [-0.3, -0.25) is 19.4 Å². The molecule has 0 fully saturated rings. The van der Waals surface area contributed by atoms with E-state index < -0.39 is 11.9 Å². The predicted molar refractivity (Wildman–Crippen MR) is 103 cm³/mol. The summed E-state index contributed by atoms with van der Waals surface area (Å²) in [4.78, 5) is 43.0. The molecule has 0 aliphatic heterocycles. The largest absolute Gasteiger partial charge is 0.481 e. The average molecular weight is 381 g/mol. The molecule has 0 saturated heterocycles. The van der Waals surface area contributed by atoms with Crippen molar-refractivity contribution < 1.29 is 24.6 Å². The van der Waals surface area contributed by atoms with E-state index in [4.69, 9.17) is 10.2 Å². The van der Waals surface area contributed by atoms with Crippen LogP contribution in [0.4, 0.5) is 0 Å². The zero-order chi connectivity index (χ0) is 20.5. The summed E-state index contributed by atoms with van der Waals surface area (Å²) >= 11 is 0. The third-order valence-corrected chi connectivity index (χ3v) is 3.73. The van der Waals surface area contributed by atoms with E-state index >= 15 is 0 Å². The van der Waals surface area contributed by atoms with Gasteiger partial charge >= 0.3 is 11.9 Å². The number of carbonyl (C=O) groups excluding carboxylic acids is 1. The van der Waals surface area contributed by atoms with Crippen LogP contribution in [0.5, 0.6) is 0 Å². The highest BCUT2D eigenvalue weighted by atomic mass is 16.4. The number of aromatic amines is 1. The van der Waals surface area contributed by atoms with E-state index in [-0.39, 0.29) is 18.6 Å². The Labute approximate surface area is 160 Å². The van der Waals surface area contributed by atoms with Crippen molar-refractivity contribution in [2.45, 2.75) is 19.8 Å². The second-order valence-corrected chi connectivity index (χ2v) is 5.77. The lowest BCUT2D eigenvalue weighted by molar-refractivity contribution is -0.143. The quantitative estimate of drug-likeness (QED) is 0.441. The number of benzene rings is 1. The maximum Gasteiger partial charge on any atom is 0.303 e. The normalized spacial score (nSPS) is 10.5. The van der Waals surface area contributed by atoms with Crippen molar-refractivity contribution in [3.05, 3.63) is 65.9 Å². The van der Waals surface area contributed by atoms with Crippen molar-refractivity contribution in [1.82, 2.24) is 15.0 Å². The number of nitrogens with zero attached hydrogens (tertiary/aromatic N) is 2. The van der Waals surface area contributed by atoms with E-state index in [1.807, 2.05) is 31.2 Å². The van der Waals surface area contributed by atoms with E-state index in [1.54, 1.807) is 30.7 Å². The minimum absolute atomic E-state index is 0.0500. The SMILES string of the molecule is Cc1[nH]cnc1/C=C/C(=O)c1ccnc2ccccc12.O=C(O)CCC(=O)O. The number of imidazole rings is 1. The third kappa shape index (κ3) is 5.87. The van der Waals surface area contributed by atoms with E-state index in [0.29, 0.717) is 5.56 Å². The van der Waals surface area contributed by atoms with Gasteiger partial charge in [-0.15, -0.1) is 0 Å². The first-order valence-corrected chi connectivity index (χ1v) is 8.38. The number of para-hydroxylation sites is 1. The Morgan fingerprint density at radius 1 is 1.04 bits per heavy atom. The number of aliphatic carboxylic acids is 2. The lowest BCUT2D eigenvalue weighted by atomic mass is 10.0. The summed E-state index contributed by atoms with van der Waals surface area (Å²) in [5.41, 5.74) is 3.19. The van der Waals surface area contributed by atoms with Crippen LogP contribution in [0.2, 0.25) is 0 Å². The standard InChI is InChI=1S/C16H13N3O.C4H6O4/c1-11-14(19-10-18-11)6-7-16(20)13-8-9-17-15-5-3-2-4-12(13)15;5-3(6)1-2-4(7)8/h2-10H,1H3,(H,18,19);1-2H2,(H,5,6)(H,7,8)/b7-6+;. The van der Waals surface area contributed by atoms with Crippen LogP contribution in [0.1, 0.15) is 34.6 Å². The Balaban J connectivity index is 0.000000300. The maximum absolute atomic E-state index is 12.3. The van der Waals surface area contributed by atoms with Crippen LogP contribution in [0, 0.1) is 6.92 Å². The molecule has 0 amide bonds. The minimum Gasteiger partial charge on any atom is -0.481 e. The Bertz CT molecular complexity index is 1000. The number of nitrogens with one attached hydrogen (secondary N) is 1. The smallest absolute Gasteiger partial charge is 0.303 e. The summed E-state index contributed by atoms with van der Waals surface area (Å²) in [5, 5.41) is 16.7. The van der Waals surface area contributed by atoms with Crippen molar-refractivity contribution in [3.63, 3.8) is 0 Å². The molecule has 0 spiro atoms. The van der Waals surface area contributed by atoms with Crippen molar-refractivity contribution in [1.29, 1.82) is 0 Å². The van der Waals surface area contributed by atoms with Gasteiger partial charge in [-0.2, -0.15) is 0 Å². The molecule has 3 N–H and O–H groups in total. The van der Waals surface area contributed by atoms with E-state index in [1.165, 1.54) is 0 Å². The van der Waals surface area contributed by atoms with Crippen LogP contribution in [0.25, 0.3) is 17.0 Å². The fraction of sp³-hybridized carbons (Fsp3) is 0.150. The molecule has 8 heteroatoms. The topological polar surface area (TPSA) is 133 Å². The number of hydrogen-bond acceptors (Lipinski definition) is 5. The van der Waals surface area contributed by atoms with Gasteiger partial charge in [0.25, 0.3) is 0 Å². The van der Waals surface area contributed by atoms with Crippen LogP contribution < -0.4 is 0 Å². The van der Waals surface area contributed by atoms with Crippen LogP contribution >= 0.6 is 0 Å². The zero-order valence-corrected chi connectivity index (χ0v) is 15.1. The molecule has 0 aliphatic rings. The molecular weight excluding hydrogens is 362 g/mol. The van der Waals surface area contributed by atoms with E-state index in [0.717, 1.165) is 22.3 Å². The number of carbonyl (C=O) groups is 3. The summed E-state index contributed by atoms with van der Waals surface area (Å²) in [7, 11) is 0. The Morgan fingerprint density at radius 3 is 2.32 bits per heavy atom. The van der Waals surface area contributed by atoms with Gasteiger partial charge in [0.15, 0.2) is 5.78 Å². The van der Waals surface area contributed by atoms with Crippen LogP contribution in [0.3, 0.4) is 0 Å². The number of carboxylic acids is 2. The summed E-state index contributed by atoms with van der Waals surface area (Å²) < 4.78 is 0. The molecule has 3 aromatic rings. The number of pyridine rings is 1. The van der Waals surface area contributed by atoms with Gasteiger partial charge in [-0.05, 0) is 31.2 Å². The Kier molecular flexibility index (Phi) is 7.15. The highest BCUT2D eigenvalue weighted by Gasteiger charge is 2.07. The molecule has 0 bridgehead atoms. The predicted octanol–water partition coefficient (Wildman–Crippen LogP) is 3.10. The molecule has 0 aliphatic carbocycles. The van der Waals surface area contributed by atoms with Gasteiger partial charge in [-0.1, -0.05) is 18.2 Å². The van der Waals surface area contributed by atoms with Crippen molar-refractivity contribution >= 4 is 34.7 Å². The monoisotopic (exact) mass is 381 g/mol. The van der Waals surface area contributed by atoms with Crippen molar-refractivity contribution in [2.24, 2.45) is 0 Å². The minimum atomic E-state index is -1.08. The summed E-state index contributed by atoms with van der Waals surface area (Å²) in [5.74, 6) is -2.20. The molecule has 0 radical (unpaired) electrons. The zero-order valence-electron chi connectivity index (χ0n) is 15.1. The molecule has 0 unspecified atom stereocenters. The summed E-state index contributed by atoms with van der Waals surface area (Å²) in [6.07, 6.45) is 5.95. The molecule has 2 heterocycles. The van der Waals surface area contributed by atoms with E-state index in [2.05, 4.69) is 15.0 Å². The average Bonchev–Trinajstić information content (AvgIpc) is 3.09. The number of ketones is 1. The fourth-order valence-corrected chi connectivity index (χ4v) is 2.31. The molecule has 2 aromatic heterocycles. The van der Waals surface area contributed by atoms with Crippen molar-refractivity contribution in [3.8, 4) is 0 Å². The van der Waals surface area contributed by atoms with Crippen LogP contribution in [-0.2, 0) is 9.59 Å². The molecule has 0 atom stereocenters. The highest BCUT2D eigenvalue weighted by Crippen LogP contribution is 2.17. The van der Waals surface area contributed by atoms with Crippen molar-refractivity contribution in [2.75, 3.05) is 0 Å². The second kappa shape index (κ2) is 9.77. The molecule has 144 valence electrons. The second-order valence-electron chi connectivity index (χ2n) is 5.77. The highest BCUT2D eigenvalue weighted by molar-refractivity contribution is 6.14. The maximum atomic E-state index is 12.3. The molecular formula is C20H19N3O5. The number of aromatic nitrogens is 3. The van der Waals surface area contributed by atoms with E-state index in [9.17, 15) is 14.4 Å². The number of fused-ring (bicyclic) bond motifs is 1.